The maximum absolute atomic E-state index is 12.7. The number of nitrogens with zero attached hydrogens (tertiary/aromatic N) is 1. The number of carbonyl (C=O) groups excluding carboxylic acids is 1. The van der Waals surface area contributed by atoms with E-state index in [4.69, 9.17) is 9.94 Å². The second-order valence-corrected chi connectivity index (χ2v) is 6.21. The minimum atomic E-state index is 0.109. The minimum Gasteiger partial charge on any atom is -0.492 e. The maximum atomic E-state index is 12.7. The Morgan fingerprint density at radius 3 is 2.80 bits per heavy atom. The van der Waals surface area contributed by atoms with Gasteiger partial charge in [-0.2, -0.15) is 0 Å². The number of aryl methyl sites for hydroxylation is 1. The van der Waals surface area contributed by atoms with Gasteiger partial charge >= 0.3 is 0 Å². The van der Waals surface area contributed by atoms with Gasteiger partial charge in [-0.05, 0) is 48.6 Å². The summed E-state index contributed by atoms with van der Waals surface area (Å²) in [5.74, 6) is 0.845. The zero-order valence-corrected chi connectivity index (χ0v) is 14.3. The Bertz CT molecular complexity index is 703. The molecular formula is C20H24N2O3. The van der Waals surface area contributed by atoms with E-state index < -0.39 is 0 Å². The van der Waals surface area contributed by atoms with Crippen molar-refractivity contribution in [3.8, 4) is 5.75 Å². The Balaban J connectivity index is 1.55. The average molecular weight is 340 g/mol. The van der Waals surface area contributed by atoms with Crippen LogP contribution >= 0.6 is 0 Å². The van der Waals surface area contributed by atoms with E-state index in [0.29, 0.717) is 13.2 Å². The van der Waals surface area contributed by atoms with E-state index >= 15 is 0 Å². The molecule has 1 aliphatic rings. The number of ether oxygens (including phenoxy) is 1. The van der Waals surface area contributed by atoms with Crippen molar-refractivity contribution in [3.05, 3.63) is 65.2 Å². The normalized spacial score (nSPS) is 13.6. The molecule has 0 atom stereocenters. The van der Waals surface area contributed by atoms with Crippen LogP contribution in [0.15, 0.2) is 48.5 Å². The second kappa shape index (κ2) is 8.65. The summed E-state index contributed by atoms with van der Waals surface area (Å²) in [4.78, 5) is 14.6. The third-order valence-corrected chi connectivity index (χ3v) is 4.46. The number of amides is 1. The molecule has 1 aliphatic heterocycles. The fourth-order valence-corrected chi connectivity index (χ4v) is 3.15. The lowest BCUT2D eigenvalue weighted by molar-refractivity contribution is 0.0738. The summed E-state index contributed by atoms with van der Waals surface area (Å²) in [6, 6.07) is 16.0. The number of hydrogen-bond donors (Lipinski definition) is 2. The van der Waals surface area contributed by atoms with Gasteiger partial charge in [0.25, 0.3) is 5.91 Å². The van der Waals surface area contributed by atoms with Crippen LogP contribution < -0.4 is 10.2 Å². The first-order valence-corrected chi connectivity index (χ1v) is 8.74. The third kappa shape index (κ3) is 4.59. The van der Waals surface area contributed by atoms with Gasteiger partial charge in [0.1, 0.15) is 12.4 Å². The lowest BCUT2D eigenvalue weighted by Crippen LogP contribution is -2.38. The molecule has 5 heteroatoms. The SMILES string of the molecule is O=C1c2ccc(OCCNO)cc2CCN1CCCc1ccccc1. The van der Waals surface area contributed by atoms with Gasteiger partial charge in [0.05, 0.1) is 6.54 Å². The van der Waals surface area contributed by atoms with E-state index in [9.17, 15) is 4.79 Å². The quantitative estimate of drug-likeness (QED) is 0.573. The number of hydroxylamine groups is 1. The number of rotatable bonds is 8. The van der Waals surface area contributed by atoms with Gasteiger partial charge in [-0.15, -0.1) is 0 Å². The molecule has 2 aromatic carbocycles. The van der Waals surface area contributed by atoms with Gasteiger partial charge in [0.15, 0.2) is 0 Å². The van der Waals surface area contributed by atoms with Crippen LogP contribution in [0.4, 0.5) is 0 Å². The number of carbonyl (C=O) groups is 1. The summed E-state index contributed by atoms with van der Waals surface area (Å²) in [6.45, 7) is 2.29. The second-order valence-electron chi connectivity index (χ2n) is 6.21. The Morgan fingerprint density at radius 1 is 1.16 bits per heavy atom. The van der Waals surface area contributed by atoms with E-state index in [0.717, 1.165) is 49.2 Å². The van der Waals surface area contributed by atoms with Gasteiger partial charge in [-0.25, -0.2) is 5.48 Å². The molecule has 0 aliphatic carbocycles. The van der Waals surface area contributed by atoms with Crippen LogP contribution in [0, 0.1) is 0 Å². The summed E-state index contributed by atoms with van der Waals surface area (Å²) in [7, 11) is 0. The predicted molar refractivity (Wildman–Crippen MR) is 96.1 cm³/mol. The largest absolute Gasteiger partial charge is 0.492 e. The molecule has 1 amide bonds. The van der Waals surface area contributed by atoms with Crippen LogP contribution in [0.3, 0.4) is 0 Å². The van der Waals surface area contributed by atoms with Crippen LogP contribution in [0.5, 0.6) is 5.75 Å². The average Bonchev–Trinajstić information content (AvgIpc) is 2.65. The highest BCUT2D eigenvalue weighted by Crippen LogP contribution is 2.24. The highest BCUT2D eigenvalue weighted by atomic mass is 16.5. The van der Waals surface area contributed by atoms with Crippen molar-refractivity contribution in [2.45, 2.75) is 19.3 Å². The maximum Gasteiger partial charge on any atom is 0.254 e. The number of benzene rings is 2. The van der Waals surface area contributed by atoms with Crippen molar-refractivity contribution in [1.29, 1.82) is 0 Å². The van der Waals surface area contributed by atoms with Crippen molar-refractivity contribution in [3.63, 3.8) is 0 Å². The van der Waals surface area contributed by atoms with E-state index in [2.05, 4.69) is 17.6 Å². The van der Waals surface area contributed by atoms with Crippen molar-refractivity contribution in [1.82, 2.24) is 10.4 Å². The van der Waals surface area contributed by atoms with Gasteiger partial charge in [0, 0.05) is 18.7 Å². The molecular weight excluding hydrogens is 316 g/mol. The van der Waals surface area contributed by atoms with E-state index in [1.807, 2.05) is 41.3 Å². The molecule has 0 radical (unpaired) electrons. The standard InChI is InChI=1S/C20H24N2O3/c23-20-19-9-8-18(25-14-11-21-24)15-17(19)10-13-22(20)12-4-7-16-5-2-1-3-6-16/h1-3,5-6,8-9,15,21,24H,4,7,10-14H2. The highest BCUT2D eigenvalue weighted by Gasteiger charge is 2.24. The molecule has 0 saturated heterocycles. The lowest BCUT2D eigenvalue weighted by Gasteiger charge is -2.29. The third-order valence-electron chi connectivity index (χ3n) is 4.46. The molecule has 3 rings (SSSR count). The van der Waals surface area contributed by atoms with Crippen LogP contribution in [0.2, 0.25) is 0 Å². The predicted octanol–water partition coefficient (Wildman–Crippen LogP) is 2.68. The molecule has 25 heavy (non-hydrogen) atoms. The van der Waals surface area contributed by atoms with Gasteiger partial charge in [0.2, 0.25) is 0 Å². The zero-order valence-electron chi connectivity index (χ0n) is 14.3. The van der Waals surface area contributed by atoms with Crippen molar-refractivity contribution in [2.24, 2.45) is 0 Å². The van der Waals surface area contributed by atoms with E-state index in [1.54, 1.807) is 0 Å². The molecule has 0 fully saturated rings. The Hall–Kier alpha value is -2.37. The van der Waals surface area contributed by atoms with Crippen LogP contribution in [-0.2, 0) is 12.8 Å². The Morgan fingerprint density at radius 2 is 2.00 bits per heavy atom. The topological polar surface area (TPSA) is 61.8 Å². The highest BCUT2D eigenvalue weighted by molar-refractivity contribution is 5.96. The lowest BCUT2D eigenvalue weighted by atomic mass is 9.98. The van der Waals surface area contributed by atoms with Crippen molar-refractivity contribution >= 4 is 5.91 Å². The summed E-state index contributed by atoms with van der Waals surface area (Å²) >= 11 is 0. The van der Waals surface area contributed by atoms with Crippen LogP contribution in [0.1, 0.15) is 27.9 Å². The van der Waals surface area contributed by atoms with Crippen molar-refractivity contribution < 1.29 is 14.7 Å². The van der Waals surface area contributed by atoms with Gasteiger partial charge in [-0.1, -0.05) is 30.3 Å². The summed E-state index contributed by atoms with van der Waals surface area (Å²) < 4.78 is 5.54. The molecule has 1 heterocycles. The summed E-state index contributed by atoms with van der Waals surface area (Å²) in [6.07, 6.45) is 2.81. The molecule has 2 N–H and O–H groups in total. The van der Waals surface area contributed by atoms with Crippen molar-refractivity contribution in [2.75, 3.05) is 26.2 Å². The fourth-order valence-electron chi connectivity index (χ4n) is 3.15. The fraction of sp³-hybridized carbons (Fsp3) is 0.350. The number of nitrogens with one attached hydrogen (secondary N) is 1. The first-order valence-electron chi connectivity index (χ1n) is 8.74. The minimum absolute atomic E-state index is 0.109. The first kappa shape index (κ1) is 17.5. The van der Waals surface area contributed by atoms with E-state index in [1.165, 1.54) is 5.56 Å². The zero-order chi connectivity index (χ0) is 17.5. The molecule has 5 nitrogen and oxygen atoms in total. The number of fused-ring (bicyclic) bond motifs is 1. The smallest absolute Gasteiger partial charge is 0.254 e. The Labute approximate surface area is 148 Å². The summed E-state index contributed by atoms with van der Waals surface area (Å²) in [5.41, 5.74) is 5.19. The molecule has 0 aromatic heterocycles. The molecule has 0 saturated carbocycles. The van der Waals surface area contributed by atoms with Crippen LogP contribution in [0.25, 0.3) is 0 Å². The monoisotopic (exact) mass is 340 g/mol. The molecule has 0 bridgehead atoms. The van der Waals surface area contributed by atoms with E-state index in [-0.39, 0.29) is 5.91 Å². The Kier molecular flexibility index (Phi) is 6.04. The molecule has 2 aromatic rings. The summed E-state index contributed by atoms with van der Waals surface area (Å²) in [5, 5.41) is 8.56. The van der Waals surface area contributed by atoms with Crippen LogP contribution in [-0.4, -0.2) is 42.3 Å². The van der Waals surface area contributed by atoms with Gasteiger partial charge < -0.3 is 14.8 Å². The van der Waals surface area contributed by atoms with Gasteiger partial charge in [-0.3, -0.25) is 4.79 Å². The molecule has 0 unspecified atom stereocenters. The number of hydrogen-bond acceptors (Lipinski definition) is 4. The first-order chi connectivity index (χ1) is 12.3. The molecule has 132 valence electrons. The molecule has 0 spiro atoms.